The first-order chi connectivity index (χ1) is 9.79. The standard InChI is InChI=1S/C17H16N2O/c1-18-10-12-5-4-6-13(9-12)17(20)15-11-19-16-8-3-2-7-14(15)16/h2-9,11,18-19H,10H2,1H3. The molecule has 2 N–H and O–H groups in total. The number of aromatic amines is 1. The average molecular weight is 264 g/mol. The molecular weight excluding hydrogens is 248 g/mol. The quantitative estimate of drug-likeness (QED) is 0.711. The molecule has 3 rings (SSSR count). The maximum absolute atomic E-state index is 12.6. The topological polar surface area (TPSA) is 44.9 Å². The summed E-state index contributed by atoms with van der Waals surface area (Å²) in [6.45, 7) is 0.759. The Hall–Kier alpha value is -2.39. The van der Waals surface area contributed by atoms with E-state index < -0.39 is 0 Å². The van der Waals surface area contributed by atoms with E-state index in [2.05, 4.69) is 10.3 Å². The summed E-state index contributed by atoms with van der Waals surface area (Å²) < 4.78 is 0. The van der Waals surface area contributed by atoms with Crippen LogP contribution in [0.5, 0.6) is 0 Å². The van der Waals surface area contributed by atoms with Crippen molar-refractivity contribution in [2.24, 2.45) is 0 Å². The van der Waals surface area contributed by atoms with E-state index in [0.717, 1.165) is 34.1 Å². The van der Waals surface area contributed by atoms with Gasteiger partial charge in [0.15, 0.2) is 5.78 Å². The second kappa shape index (κ2) is 5.31. The first kappa shape index (κ1) is 12.6. The summed E-state index contributed by atoms with van der Waals surface area (Å²) in [7, 11) is 1.90. The van der Waals surface area contributed by atoms with Gasteiger partial charge in [-0.05, 0) is 24.7 Å². The lowest BCUT2D eigenvalue weighted by molar-refractivity contribution is 0.104. The van der Waals surface area contributed by atoms with Crippen LogP contribution in [0, 0.1) is 0 Å². The molecule has 0 spiro atoms. The van der Waals surface area contributed by atoms with Crippen molar-refractivity contribution in [2.45, 2.75) is 6.54 Å². The van der Waals surface area contributed by atoms with Crippen LogP contribution in [0.4, 0.5) is 0 Å². The van der Waals surface area contributed by atoms with Gasteiger partial charge in [0.1, 0.15) is 0 Å². The molecule has 0 amide bonds. The molecule has 0 radical (unpaired) electrons. The van der Waals surface area contributed by atoms with E-state index >= 15 is 0 Å². The summed E-state index contributed by atoms with van der Waals surface area (Å²) in [5, 5.41) is 4.07. The number of H-pyrrole nitrogens is 1. The van der Waals surface area contributed by atoms with Gasteiger partial charge in [0.05, 0.1) is 0 Å². The molecule has 0 saturated heterocycles. The Morgan fingerprint density at radius 3 is 2.85 bits per heavy atom. The van der Waals surface area contributed by atoms with Gasteiger partial charge in [0, 0.05) is 34.8 Å². The predicted octanol–water partition coefficient (Wildman–Crippen LogP) is 3.12. The van der Waals surface area contributed by atoms with E-state index in [1.807, 2.05) is 55.6 Å². The maximum Gasteiger partial charge on any atom is 0.195 e. The highest BCUT2D eigenvalue weighted by Gasteiger charge is 2.14. The van der Waals surface area contributed by atoms with Crippen molar-refractivity contribution in [3.05, 3.63) is 71.4 Å². The molecule has 3 nitrogen and oxygen atoms in total. The molecule has 3 aromatic rings. The van der Waals surface area contributed by atoms with Gasteiger partial charge in [-0.1, -0.05) is 36.4 Å². The molecular formula is C17H16N2O. The first-order valence-corrected chi connectivity index (χ1v) is 6.64. The van der Waals surface area contributed by atoms with E-state index in [1.165, 1.54) is 0 Å². The van der Waals surface area contributed by atoms with Crippen LogP contribution >= 0.6 is 0 Å². The van der Waals surface area contributed by atoms with E-state index in [1.54, 1.807) is 6.20 Å². The molecule has 1 aromatic heterocycles. The summed E-state index contributed by atoms with van der Waals surface area (Å²) in [6.07, 6.45) is 1.79. The Kier molecular flexibility index (Phi) is 3.35. The van der Waals surface area contributed by atoms with Crippen molar-refractivity contribution >= 4 is 16.7 Å². The molecule has 0 atom stereocenters. The normalized spacial score (nSPS) is 10.8. The van der Waals surface area contributed by atoms with Crippen molar-refractivity contribution in [1.29, 1.82) is 0 Å². The van der Waals surface area contributed by atoms with Crippen LogP contribution in [0.25, 0.3) is 10.9 Å². The minimum Gasteiger partial charge on any atom is -0.360 e. The van der Waals surface area contributed by atoms with Crippen LogP contribution in [0.2, 0.25) is 0 Å². The second-order valence-corrected chi connectivity index (χ2v) is 4.81. The number of benzene rings is 2. The van der Waals surface area contributed by atoms with Gasteiger partial charge in [0.2, 0.25) is 0 Å². The zero-order chi connectivity index (χ0) is 13.9. The minimum absolute atomic E-state index is 0.0559. The van der Waals surface area contributed by atoms with Crippen molar-refractivity contribution in [3.8, 4) is 0 Å². The smallest absolute Gasteiger partial charge is 0.195 e. The van der Waals surface area contributed by atoms with Crippen LogP contribution in [0.15, 0.2) is 54.7 Å². The lowest BCUT2D eigenvalue weighted by atomic mass is 10.0. The van der Waals surface area contributed by atoms with Crippen LogP contribution in [0.3, 0.4) is 0 Å². The predicted molar refractivity (Wildman–Crippen MR) is 80.9 cm³/mol. The first-order valence-electron chi connectivity index (χ1n) is 6.64. The Labute approximate surface area is 117 Å². The van der Waals surface area contributed by atoms with Crippen LogP contribution in [-0.2, 0) is 6.54 Å². The van der Waals surface area contributed by atoms with Gasteiger partial charge in [0.25, 0.3) is 0 Å². The SMILES string of the molecule is CNCc1cccc(C(=O)c2c[nH]c3ccccc23)c1. The Balaban J connectivity index is 2.02. The maximum atomic E-state index is 12.6. The third-order valence-electron chi connectivity index (χ3n) is 3.40. The number of nitrogens with one attached hydrogen (secondary N) is 2. The summed E-state index contributed by atoms with van der Waals surface area (Å²) in [6, 6.07) is 15.6. The number of hydrogen-bond acceptors (Lipinski definition) is 2. The summed E-state index contributed by atoms with van der Waals surface area (Å²) in [5.41, 5.74) is 3.55. The monoisotopic (exact) mass is 264 g/mol. The fourth-order valence-corrected chi connectivity index (χ4v) is 2.44. The van der Waals surface area contributed by atoms with Gasteiger partial charge in [-0.25, -0.2) is 0 Å². The summed E-state index contributed by atoms with van der Waals surface area (Å²) >= 11 is 0. The van der Waals surface area contributed by atoms with Crippen LogP contribution in [-0.4, -0.2) is 17.8 Å². The molecule has 100 valence electrons. The van der Waals surface area contributed by atoms with E-state index in [4.69, 9.17) is 0 Å². The molecule has 2 aromatic carbocycles. The van der Waals surface area contributed by atoms with Gasteiger partial charge in [-0.15, -0.1) is 0 Å². The molecule has 0 aliphatic heterocycles. The highest BCUT2D eigenvalue weighted by Crippen LogP contribution is 2.21. The lowest BCUT2D eigenvalue weighted by Crippen LogP contribution is -2.07. The summed E-state index contributed by atoms with van der Waals surface area (Å²) in [5.74, 6) is 0.0559. The number of carbonyl (C=O) groups excluding carboxylic acids is 1. The lowest BCUT2D eigenvalue weighted by Gasteiger charge is -2.04. The fraction of sp³-hybridized carbons (Fsp3) is 0.118. The van der Waals surface area contributed by atoms with Crippen molar-refractivity contribution in [3.63, 3.8) is 0 Å². The zero-order valence-electron chi connectivity index (χ0n) is 11.3. The number of ketones is 1. The summed E-state index contributed by atoms with van der Waals surface area (Å²) in [4.78, 5) is 15.8. The van der Waals surface area contributed by atoms with E-state index in [0.29, 0.717) is 0 Å². The molecule has 0 saturated carbocycles. The second-order valence-electron chi connectivity index (χ2n) is 4.81. The van der Waals surface area contributed by atoms with Gasteiger partial charge in [-0.2, -0.15) is 0 Å². The fourth-order valence-electron chi connectivity index (χ4n) is 2.44. The largest absolute Gasteiger partial charge is 0.360 e. The number of carbonyl (C=O) groups is 1. The highest BCUT2D eigenvalue weighted by atomic mass is 16.1. The minimum atomic E-state index is 0.0559. The van der Waals surface area contributed by atoms with Gasteiger partial charge < -0.3 is 10.3 Å². The van der Waals surface area contributed by atoms with Crippen molar-refractivity contribution < 1.29 is 4.79 Å². The third-order valence-corrected chi connectivity index (χ3v) is 3.40. The van der Waals surface area contributed by atoms with Gasteiger partial charge >= 0.3 is 0 Å². The third kappa shape index (κ3) is 2.24. The van der Waals surface area contributed by atoms with E-state index in [9.17, 15) is 4.79 Å². The number of rotatable bonds is 4. The molecule has 1 heterocycles. The Morgan fingerprint density at radius 1 is 1.15 bits per heavy atom. The molecule has 0 aliphatic carbocycles. The molecule has 20 heavy (non-hydrogen) atoms. The number of fused-ring (bicyclic) bond motifs is 1. The Bertz CT molecular complexity index is 758. The van der Waals surface area contributed by atoms with Crippen molar-refractivity contribution in [2.75, 3.05) is 7.05 Å². The Morgan fingerprint density at radius 2 is 2.00 bits per heavy atom. The average Bonchev–Trinajstić information content (AvgIpc) is 2.91. The molecule has 0 bridgehead atoms. The van der Waals surface area contributed by atoms with E-state index in [-0.39, 0.29) is 5.78 Å². The van der Waals surface area contributed by atoms with Crippen molar-refractivity contribution in [1.82, 2.24) is 10.3 Å². The molecule has 0 aliphatic rings. The van der Waals surface area contributed by atoms with Gasteiger partial charge in [-0.3, -0.25) is 4.79 Å². The molecule has 0 fully saturated rings. The molecule has 0 unspecified atom stereocenters. The highest BCUT2D eigenvalue weighted by molar-refractivity contribution is 6.16. The van der Waals surface area contributed by atoms with Crippen LogP contribution in [0.1, 0.15) is 21.5 Å². The zero-order valence-corrected chi connectivity index (χ0v) is 11.3. The number of aromatic nitrogens is 1. The van der Waals surface area contributed by atoms with Crippen LogP contribution < -0.4 is 5.32 Å². The number of hydrogen-bond donors (Lipinski definition) is 2. The number of para-hydroxylation sites is 1. The molecule has 3 heteroatoms.